The topological polar surface area (TPSA) is 47.4 Å². The van der Waals surface area contributed by atoms with E-state index in [-0.39, 0.29) is 5.91 Å². The van der Waals surface area contributed by atoms with Crippen LogP contribution in [0.4, 0.5) is 0 Å². The number of aromatic nitrogens is 2. The van der Waals surface area contributed by atoms with Crippen molar-refractivity contribution in [3.05, 3.63) is 77.5 Å². The molecular weight excluding hydrogens is 338 g/mol. The molecule has 0 bridgehead atoms. The standard InChI is InChI=1S/C22H23N3O2/c1-17-7-9-19(10-8-17)21-20(22(26)24-11-13-27-14-12-24)16-25(23-21)15-18-5-3-2-4-6-18/h2-10,16H,11-15H2,1H3. The first-order chi connectivity index (χ1) is 13.2. The Hall–Kier alpha value is -2.92. The zero-order valence-electron chi connectivity index (χ0n) is 15.5. The quantitative estimate of drug-likeness (QED) is 0.716. The highest BCUT2D eigenvalue weighted by molar-refractivity contribution is 5.99. The Labute approximate surface area is 159 Å². The normalized spacial score (nSPS) is 14.3. The fourth-order valence-electron chi connectivity index (χ4n) is 3.29. The van der Waals surface area contributed by atoms with Gasteiger partial charge in [0.05, 0.1) is 25.3 Å². The summed E-state index contributed by atoms with van der Waals surface area (Å²) in [6, 6.07) is 18.3. The highest BCUT2D eigenvalue weighted by atomic mass is 16.5. The summed E-state index contributed by atoms with van der Waals surface area (Å²) in [7, 11) is 0. The highest BCUT2D eigenvalue weighted by Crippen LogP contribution is 2.24. The maximum Gasteiger partial charge on any atom is 0.257 e. The lowest BCUT2D eigenvalue weighted by atomic mass is 10.1. The summed E-state index contributed by atoms with van der Waals surface area (Å²) in [6.07, 6.45) is 1.87. The summed E-state index contributed by atoms with van der Waals surface area (Å²) in [5.74, 6) is 0.0215. The number of carbonyl (C=O) groups excluding carboxylic acids is 1. The minimum Gasteiger partial charge on any atom is -0.378 e. The van der Waals surface area contributed by atoms with Crippen LogP contribution in [0.1, 0.15) is 21.5 Å². The molecule has 1 aliphatic heterocycles. The van der Waals surface area contributed by atoms with Crippen LogP contribution in [0.2, 0.25) is 0 Å². The lowest BCUT2D eigenvalue weighted by molar-refractivity contribution is 0.0303. The predicted octanol–water partition coefficient (Wildman–Crippen LogP) is 3.38. The lowest BCUT2D eigenvalue weighted by Crippen LogP contribution is -2.40. The van der Waals surface area contributed by atoms with Crippen LogP contribution in [0.25, 0.3) is 11.3 Å². The van der Waals surface area contributed by atoms with Crippen molar-refractivity contribution in [2.45, 2.75) is 13.5 Å². The van der Waals surface area contributed by atoms with Crippen LogP contribution in [0, 0.1) is 6.92 Å². The fraction of sp³-hybridized carbons (Fsp3) is 0.273. The van der Waals surface area contributed by atoms with Crippen LogP contribution < -0.4 is 0 Å². The van der Waals surface area contributed by atoms with Gasteiger partial charge in [-0.2, -0.15) is 5.10 Å². The Kier molecular flexibility index (Phi) is 5.03. The molecular formula is C22H23N3O2. The van der Waals surface area contributed by atoms with Crippen LogP contribution in [-0.4, -0.2) is 46.9 Å². The van der Waals surface area contributed by atoms with Crippen molar-refractivity contribution >= 4 is 5.91 Å². The van der Waals surface area contributed by atoms with E-state index >= 15 is 0 Å². The number of aryl methyl sites for hydroxylation is 1. The smallest absolute Gasteiger partial charge is 0.257 e. The molecule has 1 aromatic heterocycles. The van der Waals surface area contributed by atoms with Gasteiger partial charge in [0, 0.05) is 24.8 Å². The van der Waals surface area contributed by atoms with Gasteiger partial charge in [-0.15, -0.1) is 0 Å². The molecule has 0 aliphatic carbocycles. The number of nitrogens with zero attached hydrogens (tertiary/aromatic N) is 3. The number of hydrogen-bond acceptors (Lipinski definition) is 3. The first kappa shape index (κ1) is 17.5. The van der Waals surface area contributed by atoms with Gasteiger partial charge in [-0.05, 0) is 12.5 Å². The van der Waals surface area contributed by atoms with Crippen molar-refractivity contribution in [2.75, 3.05) is 26.3 Å². The summed E-state index contributed by atoms with van der Waals surface area (Å²) in [5, 5.41) is 4.76. The number of amides is 1. The Morgan fingerprint density at radius 1 is 1.04 bits per heavy atom. The molecule has 0 spiro atoms. The zero-order chi connectivity index (χ0) is 18.6. The third-order valence-corrected chi connectivity index (χ3v) is 4.80. The molecule has 1 aliphatic rings. The van der Waals surface area contributed by atoms with Gasteiger partial charge >= 0.3 is 0 Å². The monoisotopic (exact) mass is 361 g/mol. The first-order valence-corrected chi connectivity index (χ1v) is 9.26. The molecule has 1 fully saturated rings. The molecule has 0 N–H and O–H groups in total. The molecule has 0 atom stereocenters. The van der Waals surface area contributed by atoms with E-state index in [2.05, 4.69) is 31.2 Å². The third kappa shape index (κ3) is 3.93. The number of hydrogen-bond donors (Lipinski definition) is 0. The molecule has 1 saturated heterocycles. The van der Waals surface area contributed by atoms with E-state index in [1.807, 2.05) is 46.1 Å². The van der Waals surface area contributed by atoms with Crippen LogP contribution in [-0.2, 0) is 11.3 Å². The summed E-state index contributed by atoms with van der Waals surface area (Å²) in [5.41, 5.74) is 4.69. The van der Waals surface area contributed by atoms with E-state index in [1.165, 1.54) is 5.56 Å². The van der Waals surface area contributed by atoms with Gasteiger partial charge in [0.2, 0.25) is 0 Å². The minimum atomic E-state index is 0.0215. The Morgan fingerprint density at radius 3 is 2.44 bits per heavy atom. The maximum absolute atomic E-state index is 13.1. The summed E-state index contributed by atoms with van der Waals surface area (Å²) < 4.78 is 7.24. The van der Waals surface area contributed by atoms with Gasteiger partial charge in [0.15, 0.2) is 0 Å². The van der Waals surface area contributed by atoms with E-state index in [9.17, 15) is 4.79 Å². The molecule has 2 heterocycles. The van der Waals surface area contributed by atoms with Gasteiger partial charge in [0.1, 0.15) is 5.69 Å². The number of carbonyl (C=O) groups is 1. The van der Waals surface area contributed by atoms with E-state index in [0.717, 1.165) is 16.8 Å². The highest BCUT2D eigenvalue weighted by Gasteiger charge is 2.24. The zero-order valence-corrected chi connectivity index (χ0v) is 15.5. The number of benzene rings is 2. The third-order valence-electron chi connectivity index (χ3n) is 4.80. The minimum absolute atomic E-state index is 0.0215. The van der Waals surface area contributed by atoms with Gasteiger partial charge < -0.3 is 9.64 Å². The average Bonchev–Trinajstić information content (AvgIpc) is 3.13. The van der Waals surface area contributed by atoms with Gasteiger partial charge in [-0.1, -0.05) is 60.2 Å². The van der Waals surface area contributed by atoms with E-state index < -0.39 is 0 Å². The SMILES string of the molecule is Cc1ccc(-c2nn(Cc3ccccc3)cc2C(=O)N2CCOCC2)cc1. The molecule has 27 heavy (non-hydrogen) atoms. The molecule has 5 nitrogen and oxygen atoms in total. The van der Waals surface area contributed by atoms with Crippen molar-refractivity contribution in [1.82, 2.24) is 14.7 Å². The van der Waals surface area contributed by atoms with Crippen molar-refractivity contribution in [1.29, 1.82) is 0 Å². The van der Waals surface area contributed by atoms with Crippen molar-refractivity contribution in [2.24, 2.45) is 0 Å². The van der Waals surface area contributed by atoms with Crippen LogP contribution in [0.5, 0.6) is 0 Å². The molecule has 0 radical (unpaired) electrons. The van der Waals surface area contributed by atoms with Crippen molar-refractivity contribution in [3.63, 3.8) is 0 Å². The average molecular weight is 361 g/mol. The largest absolute Gasteiger partial charge is 0.378 e. The van der Waals surface area contributed by atoms with E-state index in [4.69, 9.17) is 9.84 Å². The molecule has 2 aromatic carbocycles. The first-order valence-electron chi connectivity index (χ1n) is 9.26. The van der Waals surface area contributed by atoms with Crippen LogP contribution in [0.3, 0.4) is 0 Å². The van der Waals surface area contributed by atoms with Gasteiger partial charge in [-0.25, -0.2) is 0 Å². The second kappa shape index (κ2) is 7.76. The molecule has 0 saturated carbocycles. The second-order valence-electron chi connectivity index (χ2n) is 6.85. The molecule has 138 valence electrons. The van der Waals surface area contributed by atoms with E-state index in [1.54, 1.807) is 0 Å². The molecule has 4 rings (SSSR count). The van der Waals surface area contributed by atoms with Crippen LogP contribution >= 0.6 is 0 Å². The molecule has 1 amide bonds. The Bertz CT molecular complexity index is 910. The number of morpholine rings is 1. The van der Waals surface area contributed by atoms with Gasteiger partial charge in [0.25, 0.3) is 5.91 Å². The summed E-state index contributed by atoms with van der Waals surface area (Å²) in [6.45, 7) is 5.10. The molecule has 5 heteroatoms. The number of rotatable bonds is 4. The predicted molar refractivity (Wildman–Crippen MR) is 105 cm³/mol. The fourth-order valence-corrected chi connectivity index (χ4v) is 3.29. The van der Waals surface area contributed by atoms with Crippen molar-refractivity contribution < 1.29 is 9.53 Å². The summed E-state index contributed by atoms with van der Waals surface area (Å²) >= 11 is 0. The van der Waals surface area contributed by atoms with E-state index in [0.29, 0.717) is 38.4 Å². The molecule has 3 aromatic rings. The number of ether oxygens (including phenoxy) is 1. The second-order valence-corrected chi connectivity index (χ2v) is 6.85. The van der Waals surface area contributed by atoms with Gasteiger partial charge in [-0.3, -0.25) is 9.48 Å². The lowest BCUT2D eigenvalue weighted by Gasteiger charge is -2.26. The van der Waals surface area contributed by atoms with Crippen LogP contribution in [0.15, 0.2) is 60.8 Å². The maximum atomic E-state index is 13.1. The Balaban J connectivity index is 1.70. The Morgan fingerprint density at radius 2 is 1.74 bits per heavy atom. The molecule has 0 unspecified atom stereocenters. The van der Waals surface area contributed by atoms with Crippen molar-refractivity contribution in [3.8, 4) is 11.3 Å². The summed E-state index contributed by atoms with van der Waals surface area (Å²) in [4.78, 5) is 15.0.